The topological polar surface area (TPSA) is 107 Å². The number of benzene rings is 1. The van der Waals surface area contributed by atoms with Gasteiger partial charge in [-0.05, 0) is 42.9 Å². The number of rotatable bonds is 6. The number of carbonyl (C=O) groups excluding carboxylic acids is 2. The van der Waals surface area contributed by atoms with E-state index in [2.05, 4.69) is 5.10 Å². The van der Waals surface area contributed by atoms with E-state index in [4.69, 9.17) is 0 Å². The summed E-state index contributed by atoms with van der Waals surface area (Å²) in [6.45, 7) is 0.966. The van der Waals surface area contributed by atoms with Gasteiger partial charge in [-0.25, -0.2) is 13.4 Å². The van der Waals surface area contributed by atoms with E-state index in [9.17, 15) is 23.1 Å². The van der Waals surface area contributed by atoms with Crippen molar-refractivity contribution in [3.8, 4) is 5.75 Å². The predicted molar refractivity (Wildman–Crippen MR) is 107 cm³/mol. The van der Waals surface area contributed by atoms with Crippen LogP contribution in [-0.4, -0.2) is 65.1 Å². The molecule has 0 aromatic heterocycles. The fourth-order valence-corrected chi connectivity index (χ4v) is 5.56. The molecule has 3 aliphatic rings. The molecule has 1 atom stereocenters. The summed E-state index contributed by atoms with van der Waals surface area (Å²) in [4.78, 5) is 27.3. The zero-order chi connectivity index (χ0) is 20.6. The van der Waals surface area contributed by atoms with E-state index in [-0.39, 0.29) is 41.9 Å². The fraction of sp³-hybridized carbons (Fsp3) is 0.550. The summed E-state index contributed by atoms with van der Waals surface area (Å²) >= 11 is 0. The van der Waals surface area contributed by atoms with E-state index in [1.54, 1.807) is 23.1 Å². The lowest BCUT2D eigenvalue weighted by molar-refractivity contribution is -0.134. The number of hydrogen-bond acceptors (Lipinski definition) is 6. The number of phenolic OH excluding ortho intramolecular Hbond substituents is 1. The average molecular weight is 420 g/mol. The predicted octanol–water partition coefficient (Wildman–Crippen LogP) is 1.30. The molecular formula is C20H25N3O5S. The van der Waals surface area contributed by atoms with Gasteiger partial charge in [0.15, 0.2) is 9.84 Å². The Hall–Kier alpha value is -2.42. The molecule has 2 fully saturated rings. The lowest BCUT2D eigenvalue weighted by Crippen LogP contribution is -2.45. The maximum Gasteiger partial charge on any atom is 0.270 e. The van der Waals surface area contributed by atoms with Gasteiger partial charge in [0.25, 0.3) is 5.91 Å². The molecule has 2 aliphatic heterocycles. The summed E-state index contributed by atoms with van der Waals surface area (Å²) in [6.07, 6.45) is 2.94. The van der Waals surface area contributed by atoms with Crippen LogP contribution in [0.15, 0.2) is 29.4 Å². The molecule has 4 rings (SSSR count). The second kappa shape index (κ2) is 7.78. The maximum absolute atomic E-state index is 13.2. The van der Waals surface area contributed by atoms with Gasteiger partial charge in [0.1, 0.15) is 11.5 Å². The molecule has 1 saturated carbocycles. The van der Waals surface area contributed by atoms with E-state index in [1.807, 2.05) is 6.07 Å². The molecule has 0 radical (unpaired) electrons. The quantitative estimate of drug-likeness (QED) is 0.748. The molecular weight excluding hydrogens is 394 g/mol. The summed E-state index contributed by atoms with van der Waals surface area (Å²) in [5.41, 5.74) is 1.12. The smallest absolute Gasteiger partial charge is 0.270 e. The van der Waals surface area contributed by atoms with Crippen molar-refractivity contribution in [3.63, 3.8) is 0 Å². The maximum atomic E-state index is 13.2. The molecule has 1 aromatic carbocycles. The van der Waals surface area contributed by atoms with Gasteiger partial charge in [0.2, 0.25) is 5.91 Å². The van der Waals surface area contributed by atoms with Gasteiger partial charge in [0.05, 0.1) is 17.5 Å². The number of sulfone groups is 1. The van der Waals surface area contributed by atoms with Crippen LogP contribution in [0.2, 0.25) is 0 Å². The van der Waals surface area contributed by atoms with Crippen LogP contribution in [0.25, 0.3) is 0 Å². The van der Waals surface area contributed by atoms with E-state index in [1.165, 1.54) is 5.01 Å². The molecule has 0 bridgehead atoms. The molecule has 9 heteroatoms. The first-order valence-electron chi connectivity index (χ1n) is 9.98. The van der Waals surface area contributed by atoms with Gasteiger partial charge in [-0.1, -0.05) is 12.1 Å². The van der Waals surface area contributed by atoms with Crippen molar-refractivity contribution in [2.24, 2.45) is 11.0 Å². The molecule has 1 aromatic rings. The van der Waals surface area contributed by atoms with E-state index >= 15 is 0 Å². The van der Waals surface area contributed by atoms with Crippen molar-refractivity contribution in [1.29, 1.82) is 0 Å². The van der Waals surface area contributed by atoms with Gasteiger partial charge in [-0.2, -0.15) is 5.10 Å². The number of phenols is 1. The minimum atomic E-state index is -3.16. The molecule has 1 aliphatic carbocycles. The zero-order valence-electron chi connectivity index (χ0n) is 16.2. The van der Waals surface area contributed by atoms with Crippen molar-refractivity contribution >= 4 is 27.4 Å². The van der Waals surface area contributed by atoms with Gasteiger partial charge in [0, 0.05) is 25.9 Å². The summed E-state index contributed by atoms with van der Waals surface area (Å²) in [6, 6.07) is 6.33. The van der Waals surface area contributed by atoms with E-state index in [0.717, 1.165) is 18.4 Å². The van der Waals surface area contributed by atoms with Gasteiger partial charge in [-0.15, -0.1) is 0 Å². The number of carbonyl (C=O) groups is 2. The highest BCUT2D eigenvalue weighted by molar-refractivity contribution is 7.91. The molecule has 8 nitrogen and oxygen atoms in total. The summed E-state index contributed by atoms with van der Waals surface area (Å²) in [7, 11) is -3.16. The van der Waals surface area contributed by atoms with E-state index in [0.29, 0.717) is 31.1 Å². The van der Waals surface area contributed by atoms with Crippen LogP contribution in [0.3, 0.4) is 0 Å². The normalized spacial score (nSPS) is 23.7. The third-order valence-electron chi connectivity index (χ3n) is 5.61. The highest BCUT2D eigenvalue weighted by atomic mass is 32.2. The average Bonchev–Trinajstić information content (AvgIpc) is 3.42. The minimum Gasteiger partial charge on any atom is -0.508 e. The number of amides is 2. The summed E-state index contributed by atoms with van der Waals surface area (Å²) in [5, 5.41) is 15.3. The van der Waals surface area contributed by atoms with Crippen molar-refractivity contribution in [3.05, 3.63) is 29.8 Å². The molecule has 1 N–H and O–H groups in total. The molecule has 2 heterocycles. The number of aromatic hydroxyl groups is 1. The third kappa shape index (κ3) is 4.77. The standard InChI is InChI=1S/C20H25N3O5S/c24-17-3-1-2-15(10-17)12-22(11-14-4-5-14)20(26)18-6-7-19(25)23(21-18)16-8-9-29(27,28)13-16/h1-3,10,14,16,24H,4-9,11-13H2. The second-order valence-corrected chi connectivity index (χ2v) is 10.4. The highest BCUT2D eigenvalue weighted by Crippen LogP contribution is 2.31. The monoisotopic (exact) mass is 419 g/mol. The van der Waals surface area contributed by atoms with Crippen LogP contribution in [0, 0.1) is 5.92 Å². The first-order chi connectivity index (χ1) is 13.8. The zero-order valence-corrected chi connectivity index (χ0v) is 17.0. The first-order valence-corrected chi connectivity index (χ1v) is 11.8. The number of hydrogen-bond donors (Lipinski definition) is 1. The van der Waals surface area contributed by atoms with Crippen molar-refractivity contribution in [2.45, 2.75) is 44.7 Å². The Morgan fingerprint density at radius 3 is 2.69 bits per heavy atom. The molecule has 1 saturated heterocycles. The minimum absolute atomic E-state index is 0.0472. The van der Waals surface area contributed by atoms with Crippen molar-refractivity contribution in [1.82, 2.24) is 9.91 Å². The van der Waals surface area contributed by atoms with Crippen LogP contribution >= 0.6 is 0 Å². The Morgan fingerprint density at radius 1 is 1.24 bits per heavy atom. The van der Waals surface area contributed by atoms with Gasteiger partial charge in [-0.3, -0.25) is 9.59 Å². The van der Waals surface area contributed by atoms with Crippen LogP contribution < -0.4 is 0 Å². The third-order valence-corrected chi connectivity index (χ3v) is 7.36. The van der Waals surface area contributed by atoms with Crippen molar-refractivity contribution < 1.29 is 23.1 Å². The Morgan fingerprint density at radius 2 is 2.03 bits per heavy atom. The molecule has 0 spiro atoms. The molecule has 156 valence electrons. The number of nitrogens with zero attached hydrogens (tertiary/aromatic N) is 3. The first kappa shape index (κ1) is 19.9. The molecule has 29 heavy (non-hydrogen) atoms. The van der Waals surface area contributed by atoms with Gasteiger partial charge < -0.3 is 10.0 Å². The highest BCUT2D eigenvalue weighted by Gasteiger charge is 2.38. The van der Waals surface area contributed by atoms with Crippen LogP contribution in [-0.2, 0) is 26.0 Å². The van der Waals surface area contributed by atoms with Crippen LogP contribution in [0.5, 0.6) is 5.75 Å². The SMILES string of the molecule is O=C(C1=NN(C2CCS(=O)(=O)C2)C(=O)CC1)N(Cc1cccc(O)c1)CC1CC1. The van der Waals surface area contributed by atoms with E-state index < -0.39 is 15.9 Å². The summed E-state index contributed by atoms with van der Waals surface area (Å²) < 4.78 is 23.6. The summed E-state index contributed by atoms with van der Waals surface area (Å²) in [5.74, 6) is 0.113. The lowest BCUT2D eigenvalue weighted by Gasteiger charge is -2.30. The Labute approximate surface area is 170 Å². The Bertz CT molecular complexity index is 955. The lowest BCUT2D eigenvalue weighted by atomic mass is 10.1. The fourth-order valence-electron chi connectivity index (χ4n) is 3.87. The number of hydrazone groups is 1. The largest absolute Gasteiger partial charge is 0.508 e. The van der Waals surface area contributed by atoms with Crippen LogP contribution in [0.1, 0.15) is 37.7 Å². The Balaban J connectivity index is 1.54. The molecule has 2 amide bonds. The molecule has 1 unspecified atom stereocenters. The van der Waals surface area contributed by atoms with Crippen LogP contribution in [0.4, 0.5) is 0 Å². The second-order valence-electron chi connectivity index (χ2n) is 8.14. The Kier molecular flexibility index (Phi) is 5.33. The van der Waals surface area contributed by atoms with Gasteiger partial charge >= 0.3 is 0 Å². The van der Waals surface area contributed by atoms with Crippen molar-refractivity contribution in [2.75, 3.05) is 18.1 Å².